The van der Waals surface area contributed by atoms with Crippen LogP contribution in [0.25, 0.3) is 0 Å². The van der Waals surface area contributed by atoms with Gasteiger partial charge in [-0.1, -0.05) is 89.9 Å². The molecule has 4 aromatic carbocycles. The minimum absolute atomic E-state index is 0.0241. The largest absolute Gasteiger partial charge is 0.355 e. The van der Waals surface area contributed by atoms with Crippen molar-refractivity contribution in [2.45, 2.75) is 37.8 Å². The monoisotopic (exact) mass is 637 g/mol. The van der Waals surface area contributed by atoms with E-state index in [0.29, 0.717) is 22.2 Å². The fourth-order valence-corrected chi connectivity index (χ4v) is 6.50. The van der Waals surface area contributed by atoms with Gasteiger partial charge in [0.25, 0.3) is 10.0 Å². The smallest absolute Gasteiger partial charge is 0.264 e. The number of nitrogens with one attached hydrogen (secondary N) is 1. The van der Waals surface area contributed by atoms with Crippen LogP contribution >= 0.6 is 23.2 Å². The number of anilines is 1. The zero-order chi connectivity index (χ0) is 31.0. The summed E-state index contributed by atoms with van der Waals surface area (Å²) in [5, 5.41) is 3.70. The number of hydrogen-bond acceptors (Lipinski definition) is 4. The van der Waals surface area contributed by atoms with Gasteiger partial charge in [0.1, 0.15) is 12.6 Å². The number of likely N-dealkylation sites (N-methyl/N-ethyl adjacent to an activating group) is 1. The molecule has 7 nitrogen and oxygen atoms in total. The third-order valence-corrected chi connectivity index (χ3v) is 9.20. The van der Waals surface area contributed by atoms with Gasteiger partial charge in [0, 0.05) is 29.6 Å². The molecule has 4 rings (SSSR count). The highest BCUT2D eigenvalue weighted by molar-refractivity contribution is 7.92. The molecule has 224 valence electrons. The first-order valence-electron chi connectivity index (χ1n) is 13.8. The average Bonchev–Trinajstić information content (AvgIpc) is 3.01. The molecule has 1 atom stereocenters. The van der Waals surface area contributed by atoms with Crippen LogP contribution in [0.1, 0.15) is 23.6 Å². The maximum atomic E-state index is 14.4. The van der Waals surface area contributed by atoms with Gasteiger partial charge in [0.2, 0.25) is 11.8 Å². The Balaban J connectivity index is 1.81. The van der Waals surface area contributed by atoms with Crippen LogP contribution in [0, 0.1) is 6.92 Å². The summed E-state index contributed by atoms with van der Waals surface area (Å²) in [6.07, 6.45) is 0.230. The van der Waals surface area contributed by atoms with Crippen molar-refractivity contribution in [3.63, 3.8) is 0 Å². The summed E-state index contributed by atoms with van der Waals surface area (Å²) in [5.74, 6) is -0.897. The maximum Gasteiger partial charge on any atom is 0.264 e. The summed E-state index contributed by atoms with van der Waals surface area (Å²) in [4.78, 5) is 29.4. The molecule has 0 aliphatic carbocycles. The normalized spacial score (nSPS) is 11.9. The van der Waals surface area contributed by atoms with E-state index in [4.69, 9.17) is 23.2 Å². The van der Waals surface area contributed by atoms with E-state index in [1.54, 1.807) is 68.4 Å². The number of amides is 2. The van der Waals surface area contributed by atoms with Crippen LogP contribution in [-0.2, 0) is 32.6 Å². The number of nitrogens with zero attached hydrogens (tertiary/aromatic N) is 2. The van der Waals surface area contributed by atoms with Gasteiger partial charge in [-0.2, -0.15) is 0 Å². The maximum absolute atomic E-state index is 14.4. The number of hydrogen-bond donors (Lipinski definition) is 1. The lowest BCUT2D eigenvalue weighted by atomic mass is 10.0. The summed E-state index contributed by atoms with van der Waals surface area (Å²) in [6, 6.07) is 28.2. The van der Waals surface area contributed by atoms with Gasteiger partial charge in [0.15, 0.2) is 0 Å². The van der Waals surface area contributed by atoms with Crippen LogP contribution in [0.2, 0.25) is 10.0 Å². The fraction of sp³-hybridized carbons (Fsp3) is 0.212. The zero-order valence-electron chi connectivity index (χ0n) is 23.9. The number of halogens is 2. The van der Waals surface area contributed by atoms with Gasteiger partial charge in [0.05, 0.1) is 10.6 Å². The number of carbonyl (C=O) groups excluding carboxylic acids is 2. The minimum Gasteiger partial charge on any atom is -0.355 e. The van der Waals surface area contributed by atoms with Crippen molar-refractivity contribution in [2.24, 2.45) is 0 Å². The highest BCUT2D eigenvalue weighted by Crippen LogP contribution is 2.30. The van der Waals surface area contributed by atoms with Crippen LogP contribution in [0.15, 0.2) is 108 Å². The van der Waals surface area contributed by atoms with Crippen LogP contribution in [0.5, 0.6) is 0 Å². The van der Waals surface area contributed by atoms with E-state index in [-0.39, 0.29) is 29.5 Å². The third kappa shape index (κ3) is 8.16. The highest BCUT2D eigenvalue weighted by atomic mass is 35.5. The molecule has 0 fully saturated rings. The van der Waals surface area contributed by atoms with Crippen LogP contribution in [-0.4, -0.2) is 44.3 Å². The Labute approximate surface area is 263 Å². The number of carbonyl (C=O) groups is 2. The van der Waals surface area contributed by atoms with Crippen molar-refractivity contribution in [2.75, 3.05) is 17.4 Å². The number of aryl methyl sites for hydroxylation is 1. The van der Waals surface area contributed by atoms with E-state index in [0.717, 1.165) is 15.4 Å². The predicted molar refractivity (Wildman–Crippen MR) is 172 cm³/mol. The molecule has 0 aromatic heterocycles. The molecular weight excluding hydrogens is 605 g/mol. The SMILES string of the molecule is CCNC(=O)[C@H](Cc1ccccc1)N(Cc1ccc(Cl)cc1)C(=O)CN(c1cc(Cl)ccc1C)S(=O)(=O)c1ccccc1. The standard InChI is InChI=1S/C33H33Cl2N3O4S/c1-3-36-33(40)31(20-25-10-6-4-7-11-25)37(22-26-15-18-27(34)19-16-26)32(39)23-38(30-21-28(35)17-14-24(30)2)43(41,42)29-12-8-5-9-13-29/h4-19,21,31H,3,20,22-23H2,1-2H3,(H,36,40)/t31-/m0/s1. The van der Waals surface area contributed by atoms with Crippen molar-refractivity contribution >= 4 is 50.7 Å². The van der Waals surface area contributed by atoms with E-state index in [9.17, 15) is 18.0 Å². The van der Waals surface area contributed by atoms with Crippen LogP contribution in [0.4, 0.5) is 5.69 Å². The topological polar surface area (TPSA) is 86.8 Å². The van der Waals surface area contributed by atoms with E-state index in [2.05, 4.69) is 5.32 Å². The van der Waals surface area contributed by atoms with Crippen molar-refractivity contribution in [1.82, 2.24) is 10.2 Å². The van der Waals surface area contributed by atoms with Gasteiger partial charge in [-0.3, -0.25) is 13.9 Å². The summed E-state index contributed by atoms with van der Waals surface area (Å²) >= 11 is 12.4. The van der Waals surface area contributed by atoms with Gasteiger partial charge in [-0.05, 0) is 66.9 Å². The van der Waals surface area contributed by atoms with E-state index in [1.165, 1.54) is 23.1 Å². The molecule has 0 heterocycles. The molecular formula is C33H33Cl2N3O4S. The first kappa shape index (κ1) is 32.1. The van der Waals surface area contributed by atoms with Crippen molar-refractivity contribution < 1.29 is 18.0 Å². The van der Waals surface area contributed by atoms with E-state index < -0.39 is 28.5 Å². The number of rotatable bonds is 12. The molecule has 0 unspecified atom stereocenters. The molecule has 0 saturated heterocycles. The minimum atomic E-state index is -4.21. The molecule has 0 radical (unpaired) electrons. The van der Waals surface area contributed by atoms with Gasteiger partial charge >= 0.3 is 0 Å². The third-order valence-electron chi connectivity index (χ3n) is 6.94. The molecule has 0 saturated carbocycles. The van der Waals surface area contributed by atoms with Gasteiger partial charge in [-0.25, -0.2) is 8.42 Å². The Morgan fingerprint density at radius 1 is 0.814 bits per heavy atom. The first-order valence-corrected chi connectivity index (χ1v) is 16.0. The molecule has 1 N–H and O–H groups in total. The predicted octanol–water partition coefficient (Wildman–Crippen LogP) is 6.27. The average molecular weight is 639 g/mol. The summed E-state index contributed by atoms with van der Waals surface area (Å²) in [6.45, 7) is 3.42. The molecule has 10 heteroatoms. The molecule has 43 heavy (non-hydrogen) atoms. The summed E-state index contributed by atoms with van der Waals surface area (Å²) in [5.41, 5.74) is 2.47. The lowest BCUT2D eigenvalue weighted by Crippen LogP contribution is -2.53. The van der Waals surface area contributed by atoms with E-state index in [1.807, 2.05) is 30.3 Å². The Bertz CT molecular complexity index is 1650. The second-order valence-corrected chi connectivity index (χ2v) is 12.7. The lowest BCUT2D eigenvalue weighted by Gasteiger charge is -2.34. The Morgan fingerprint density at radius 3 is 2.05 bits per heavy atom. The molecule has 0 aliphatic rings. The first-order chi connectivity index (χ1) is 20.6. The number of sulfonamides is 1. The number of benzene rings is 4. The van der Waals surface area contributed by atoms with Crippen LogP contribution < -0.4 is 9.62 Å². The highest BCUT2D eigenvalue weighted by Gasteiger charge is 2.35. The van der Waals surface area contributed by atoms with E-state index >= 15 is 0 Å². The second-order valence-electron chi connectivity index (χ2n) is 10.0. The quantitative estimate of drug-likeness (QED) is 0.198. The summed E-state index contributed by atoms with van der Waals surface area (Å²) in [7, 11) is -4.21. The molecule has 0 bridgehead atoms. The lowest BCUT2D eigenvalue weighted by molar-refractivity contribution is -0.140. The van der Waals surface area contributed by atoms with Crippen LogP contribution in [0.3, 0.4) is 0 Å². The van der Waals surface area contributed by atoms with Gasteiger partial charge < -0.3 is 10.2 Å². The fourth-order valence-electron chi connectivity index (χ4n) is 4.72. The molecule has 4 aromatic rings. The Kier molecular flexibility index (Phi) is 10.9. The van der Waals surface area contributed by atoms with Crippen molar-refractivity contribution in [3.05, 3.63) is 130 Å². The Morgan fingerprint density at radius 2 is 1.42 bits per heavy atom. The van der Waals surface area contributed by atoms with Crippen molar-refractivity contribution in [1.29, 1.82) is 0 Å². The molecule has 0 aliphatic heterocycles. The van der Waals surface area contributed by atoms with Gasteiger partial charge in [-0.15, -0.1) is 0 Å². The second kappa shape index (κ2) is 14.6. The Hall–Kier alpha value is -3.85. The van der Waals surface area contributed by atoms with Crippen molar-refractivity contribution in [3.8, 4) is 0 Å². The molecule has 2 amide bonds. The summed E-state index contributed by atoms with van der Waals surface area (Å²) < 4.78 is 29.2. The molecule has 0 spiro atoms. The zero-order valence-corrected chi connectivity index (χ0v) is 26.2.